The molecule has 2 aromatic carbocycles. The molecule has 0 heterocycles. The molecule has 0 unspecified atom stereocenters. The first-order valence-electron chi connectivity index (χ1n) is 7.84. The van der Waals surface area contributed by atoms with Crippen LogP contribution in [0, 0.1) is 0 Å². The van der Waals surface area contributed by atoms with Crippen LogP contribution >= 0.6 is 23.2 Å². The number of hydrogen-bond acceptors (Lipinski definition) is 3. The number of amides is 1. The fraction of sp³-hybridized carbons (Fsp3) is 0.263. The Morgan fingerprint density at radius 3 is 2.32 bits per heavy atom. The Bertz CT molecular complexity index is 758. The summed E-state index contributed by atoms with van der Waals surface area (Å²) >= 11 is 11.7. The summed E-state index contributed by atoms with van der Waals surface area (Å²) in [5.74, 6) is -0.476. The van der Waals surface area contributed by atoms with Crippen LogP contribution in [0.2, 0.25) is 10.0 Å². The first kappa shape index (κ1) is 19.3. The Morgan fingerprint density at radius 1 is 1.04 bits per heavy atom. The summed E-state index contributed by atoms with van der Waals surface area (Å²) in [4.78, 5) is 23.7. The van der Waals surface area contributed by atoms with Gasteiger partial charge in [0.15, 0.2) is 6.61 Å². The van der Waals surface area contributed by atoms with Gasteiger partial charge < -0.3 is 10.1 Å². The van der Waals surface area contributed by atoms with Gasteiger partial charge in [0.25, 0.3) is 5.91 Å². The van der Waals surface area contributed by atoms with Crippen LogP contribution in [0.3, 0.4) is 0 Å². The topological polar surface area (TPSA) is 55.4 Å². The molecular formula is C19H19Cl2NO3. The summed E-state index contributed by atoms with van der Waals surface area (Å²) in [6, 6.07) is 12.5. The van der Waals surface area contributed by atoms with E-state index in [1.807, 2.05) is 24.3 Å². The first-order chi connectivity index (χ1) is 11.8. The fourth-order valence-electron chi connectivity index (χ4n) is 2.16. The summed E-state index contributed by atoms with van der Waals surface area (Å²) in [6.45, 7) is 3.86. The van der Waals surface area contributed by atoms with Crippen LogP contribution in [-0.4, -0.2) is 18.5 Å². The molecule has 0 aliphatic heterocycles. The number of hydrogen-bond donors (Lipinski definition) is 1. The van der Waals surface area contributed by atoms with Gasteiger partial charge in [-0.15, -0.1) is 0 Å². The average molecular weight is 380 g/mol. The molecule has 25 heavy (non-hydrogen) atoms. The lowest BCUT2D eigenvalue weighted by molar-refractivity contribution is -0.146. The molecule has 0 aromatic heterocycles. The highest BCUT2D eigenvalue weighted by atomic mass is 35.5. The van der Waals surface area contributed by atoms with E-state index in [0.717, 1.165) is 0 Å². The second-order valence-corrected chi connectivity index (χ2v) is 6.73. The lowest BCUT2D eigenvalue weighted by Gasteiger charge is -2.09. The van der Waals surface area contributed by atoms with E-state index in [1.54, 1.807) is 18.2 Å². The molecule has 0 aliphatic rings. The maximum atomic E-state index is 11.9. The molecule has 0 atom stereocenters. The summed E-state index contributed by atoms with van der Waals surface area (Å²) in [6.07, 6.45) is 0.0211. The van der Waals surface area contributed by atoms with Gasteiger partial charge in [0.05, 0.1) is 16.5 Å². The minimum Gasteiger partial charge on any atom is -0.455 e. The first-order valence-corrected chi connectivity index (χ1v) is 8.60. The number of carbonyl (C=O) groups excluding carboxylic acids is 2. The second-order valence-electron chi connectivity index (χ2n) is 5.91. The van der Waals surface area contributed by atoms with E-state index in [2.05, 4.69) is 19.2 Å². The number of esters is 1. The molecule has 4 nitrogen and oxygen atoms in total. The molecule has 0 fully saturated rings. The van der Waals surface area contributed by atoms with Crippen LogP contribution in [0.4, 0.5) is 5.69 Å². The SMILES string of the molecule is CC(C)c1ccc(NC(=O)COC(=O)Cc2ccc(Cl)c(Cl)c2)cc1. The van der Waals surface area contributed by atoms with Crippen molar-refractivity contribution in [1.29, 1.82) is 0 Å². The van der Waals surface area contributed by atoms with Crippen molar-refractivity contribution in [2.24, 2.45) is 0 Å². The van der Waals surface area contributed by atoms with Gasteiger partial charge in [-0.3, -0.25) is 9.59 Å². The van der Waals surface area contributed by atoms with Gasteiger partial charge in [0, 0.05) is 5.69 Å². The molecule has 6 heteroatoms. The molecule has 0 spiro atoms. The van der Waals surface area contributed by atoms with Gasteiger partial charge in [-0.25, -0.2) is 0 Å². The van der Waals surface area contributed by atoms with Crippen molar-refractivity contribution in [2.45, 2.75) is 26.2 Å². The fourth-order valence-corrected chi connectivity index (χ4v) is 2.48. The van der Waals surface area contributed by atoms with Crippen LogP contribution in [0.15, 0.2) is 42.5 Å². The quantitative estimate of drug-likeness (QED) is 0.730. The highest BCUT2D eigenvalue weighted by Gasteiger charge is 2.10. The van der Waals surface area contributed by atoms with Crippen LogP contribution in [0.5, 0.6) is 0 Å². The van der Waals surface area contributed by atoms with Crippen LogP contribution < -0.4 is 5.32 Å². The lowest BCUT2D eigenvalue weighted by atomic mass is 10.0. The third-order valence-corrected chi connectivity index (χ3v) is 4.30. The Balaban J connectivity index is 1.80. The molecule has 0 saturated carbocycles. The van der Waals surface area contributed by atoms with Gasteiger partial charge in [-0.1, -0.05) is 55.2 Å². The molecule has 2 rings (SSSR count). The minimum atomic E-state index is -0.510. The standard InChI is InChI=1S/C19H19Cl2NO3/c1-12(2)14-4-6-15(7-5-14)22-18(23)11-25-19(24)10-13-3-8-16(20)17(21)9-13/h3-9,12H,10-11H2,1-2H3,(H,22,23). The van der Waals surface area contributed by atoms with Gasteiger partial charge in [-0.05, 0) is 41.3 Å². The molecule has 0 aliphatic carbocycles. The normalized spacial score (nSPS) is 10.6. The number of benzene rings is 2. The smallest absolute Gasteiger partial charge is 0.310 e. The van der Waals surface area contributed by atoms with Crippen molar-refractivity contribution in [3.63, 3.8) is 0 Å². The molecule has 132 valence electrons. The highest BCUT2D eigenvalue weighted by molar-refractivity contribution is 6.42. The Labute approximate surface area is 157 Å². The van der Waals surface area contributed by atoms with Crippen LogP contribution in [0.1, 0.15) is 30.9 Å². The molecule has 0 radical (unpaired) electrons. The van der Waals surface area contributed by atoms with Crippen molar-refractivity contribution < 1.29 is 14.3 Å². The number of nitrogens with one attached hydrogen (secondary N) is 1. The van der Waals surface area contributed by atoms with Crippen molar-refractivity contribution in [3.05, 3.63) is 63.6 Å². The van der Waals surface area contributed by atoms with E-state index in [4.69, 9.17) is 27.9 Å². The van der Waals surface area contributed by atoms with Crippen molar-refractivity contribution in [3.8, 4) is 0 Å². The molecular weight excluding hydrogens is 361 g/mol. The molecule has 2 aromatic rings. The summed E-state index contributed by atoms with van der Waals surface area (Å²) in [7, 11) is 0. The molecule has 1 N–H and O–H groups in total. The van der Waals surface area contributed by atoms with E-state index >= 15 is 0 Å². The monoisotopic (exact) mass is 379 g/mol. The van der Waals surface area contributed by atoms with Gasteiger partial charge >= 0.3 is 5.97 Å². The van der Waals surface area contributed by atoms with E-state index in [0.29, 0.717) is 27.2 Å². The molecule has 0 saturated heterocycles. The summed E-state index contributed by atoms with van der Waals surface area (Å²) in [5.41, 5.74) is 2.52. The van der Waals surface area contributed by atoms with Crippen LogP contribution in [0.25, 0.3) is 0 Å². The van der Waals surface area contributed by atoms with Crippen molar-refractivity contribution in [2.75, 3.05) is 11.9 Å². The highest BCUT2D eigenvalue weighted by Crippen LogP contribution is 2.23. The van der Waals surface area contributed by atoms with Crippen molar-refractivity contribution in [1.82, 2.24) is 0 Å². The number of rotatable bonds is 6. The maximum absolute atomic E-state index is 11.9. The van der Waals surface area contributed by atoms with Crippen molar-refractivity contribution >= 4 is 40.8 Å². The predicted molar refractivity (Wildman–Crippen MR) is 100 cm³/mol. The maximum Gasteiger partial charge on any atom is 0.310 e. The Hall–Kier alpha value is -2.04. The van der Waals surface area contributed by atoms with E-state index in [1.165, 1.54) is 5.56 Å². The average Bonchev–Trinajstić information content (AvgIpc) is 2.57. The third kappa shape index (κ3) is 6.07. The largest absolute Gasteiger partial charge is 0.455 e. The minimum absolute atomic E-state index is 0.0211. The zero-order chi connectivity index (χ0) is 18.4. The zero-order valence-electron chi connectivity index (χ0n) is 14.0. The number of anilines is 1. The third-order valence-electron chi connectivity index (χ3n) is 3.56. The van der Waals surface area contributed by atoms with Gasteiger partial charge in [0.1, 0.15) is 0 Å². The van der Waals surface area contributed by atoms with Gasteiger partial charge in [-0.2, -0.15) is 0 Å². The number of ether oxygens (including phenoxy) is 1. The zero-order valence-corrected chi connectivity index (χ0v) is 15.5. The molecule has 0 bridgehead atoms. The number of halogens is 2. The van der Waals surface area contributed by atoms with E-state index < -0.39 is 5.97 Å². The Kier molecular flexibility index (Phi) is 6.85. The van der Waals surface area contributed by atoms with E-state index in [9.17, 15) is 9.59 Å². The predicted octanol–water partition coefficient (Wildman–Crippen LogP) is 4.84. The summed E-state index contributed by atoms with van der Waals surface area (Å²) < 4.78 is 4.98. The second kappa shape index (κ2) is 8.88. The Morgan fingerprint density at radius 2 is 1.72 bits per heavy atom. The summed E-state index contributed by atoms with van der Waals surface area (Å²) in [5, 5.41) is 3.48. The molecule has 1 amide bonds. The number of carbonyl (C=O) groups is 2. The van der Waals surface area contributed by atoms with Crippen LogP contribution in [-0.2, 0) is 20.7 Å². The van der Waals surface area contributed by atoms with E-state index in [-0.39, 0.29) is 18.9 Å². The lowest BCUT2D eigenvalue weighted by Crippen LogP contribution is -2.21. The van der Waals surface area contributed by atoms with Gasteiger partial charge in [0.2, 0.25) is 0 Å².